The summed E-state index contributed by atoms with van der Waals surface area (Å²) < 4.78 is 13.5. The predicted molar refractivity (Wildman–Crippen MR) is 84.1 cm³/mol. The zero-order valence-corrected chi connectivity index (χ0v) is 12.4. The fraction of sp³-hybridized carbons (Fsp3) is 0.235. The molecule has 116 valence electrons. The third-order valence-corrected chi connectivity index (χ3v) is 3.33. The molecule has 0 saturated heterocycles. The zero-order valence-electron chi connectivity index (χ0n) is 12.4. The molecule has 0 radical (unpaired) electrons. The molecule has 2 aromatic carbocycles. The second kappa shape index (κ2) is 7.56. The number of aliphatic hydroxyl groups excluding tert-OH is 1. The Bertz CT molecular complexity index is 619. The maximum absolute atomic E-state index is 13.5. The van der Waals surface area contributed by atoms with E-state index < -0.39 is 11.9 Å². The molecule has 0 aliphatic carbocycles. The van der Waals surface area contributed by atoms with E-state index in [9.17, 15) is 14.3 Å². The van der Waals surface area contributed by atoms with Crippen molar-refractivity contribution < 1.29 is 14.3 Å². The number of likely N-dealkylation sites (N-methyl/N-ethyl adjacent to an activating group) is 1. The Labute approximate surface area is 129 Å². The lowest BCUT2D eigenvalue weighted by molar-refractivity contribution is -0.120. The summed E-state index contributed by atoms with van der Waals surface area (Å²) >= 11 is 0. The SMILES string of the molecule is CN(CC(=O)NCC(O)c1ccccc1F)c1ccccc1. The van der Waals surface area contributed by atoms with Crippen LogP contribution in [0.25, 0.3) is 0 Å². The maximum atomic E-state index is 13.5. The van der Waals surface area contributed by atoms with Gasteiger partial charge in [0.15, 0.2) is 0 Å². The lowest BCUT2D eigenvalue weighted by Gasteiger charge is -2.19. The molecule has 2 rings (SSSR count). The van der Waals surface area contributed by atoms with Crippen LogP contribution in [-0.4, -0.2) is 31.2 Å². The quantitative estimate of drug-likeness (QED) is 0.859. The van der Waals surface area contributed by atoms with Gasteiger partial charge in [0.05, 0.1) is 12.6 Å². The highest BCUT2D eigenvalue weighted by Crippen LogP contribution is 2.15. The highest BCUT2D eigenvalue weighted by Gasteiger charge is 2.14. The fourth-order valence-corrected chi connectivity index (χ4v) is 2.11. The normalized spacial score (nSPS) is 11.8. The molecule has 22 heavy (non-hydrogen) atoms. The first-order valence-corrected chi connectivity index (χ1v) is 7.03. The van der Waals surface area contributed by atoms with Gasteiger partial charge in [0.2, 0.25) is 5.91 Å². The summed E-state index contributed by atoms with van der Waals surface area (Å²) in [5, 5.41) is 12.5. The molecular formula is C17H19FN2O2. The lowest BCUT2D eigenvalue weighted by atomic mass is 10.1. The van der Waals surface area contributed by atoms with Gasteiger partial charge in [0, 0.05) is 24.8 Å². The van der Waals surface area contributed by atoms with Gasteiger partial charge in [0.1, 0.15) is 5.82 Å². The van der Waals surface area contributed by atoms with Crippen LogP contribution in [0, 0.1) is 5.82 Å². The van der Waals surface area contributed by atoms with Crippen LogP contribution in [0.3, 0.4) is 0 Å². The monoisotopic (exact) mass is 302 g/mol. The van der Waals surface area contributed by atoms with Crippen molar-refractivity contribution in [2.75, 3.05) is 25.0 Å². The van der Waals surface area contributed by atoms with Gasteiger partial charge in [-0.1, -0.05) is 36.4 Å². The van der Waals surface area contributed by atoms with Crippen LogP contribution in [0.2, 0.25) is 0 Å². The van der Waals surface area contributed by atoms with Crippen molar-refractivity contribution >= 4 is 11.6 Å². The first kappa shape index (κ1) is 16.0. The third kappa shape index (κ3) is 4.30. The van der Waals surface area contributed by atoms with Crippen LogP contribution < -0.4 is 10.2 Å². The van der Waals surface area contributed by atoms with Crippen LogP contribution in [0.4, 0.5) is 10.1 Å². The van der Waals surface area contributed by atoms with Crippen molar-refractivity contribution in [3.8, 4) is 0 Å². The van der Waals surface area contributed by atoms with E-state index in [0.717, 1.165) is 5.69 Å². The van der Waals surface area contributed by atoms with E-state index in [1.54, 1.807) is 17.0 Å². The molecule has 0 bridgehead atoms. The van der Waals surface area contributed by atoms with Crippen LogP contribution >= 0.6 is 0 Å². The van der Waals surface area contributed by atoms with Crippen molar-refractivity contribution in [3.63, 3.8) is 0 Å². The Hall–Kier alpha value is -2.40. The number of nitrogens with zero attached hydrogens (tertiary/aromatic N) is 1. The standard InChI is InChI=1S/C17H19FN2O2/c1-20(13-7-3-2-4-8-13)12-17(22)19-11-16(21)14-9-5-6-10-15(14)18/h2-10,16,21H,11-12H2,1H3,(H,19,22). The number of hydrogen-bond donors (Lipinski definition) is 2. The molecule has 0 fully saturated rings. The van der Waals surface area contributed by atoms with E-state index in [-0.39, 0.29) is 24.6 Å². The van der Waals surface area contributed by atoms with Gasteiger partial charge in [-0.2, -0.15) is 0 Å². The number of carbonyl (C=O) groups excluding carboxylic acids is 1. The van der Waals surface area contributed by atoms with Gasteiger partial charge in [-0.05, 0) is 18.2 Å². The van der Waals surface area contributed by atoms with Crippen molar-refractivity contribution in [2.24, 2.45) is 0 Å². The molecule has 2 aromatic rings. The second-order valence-electron chi connectivity index (χ2n) is 5.03. The number of nitrogens with one attached hydrogen (secondary N) is 1. The molecular weight excluding hydrogens is 283 g/mol. The Morgan fingerprint density at radius 3 is 2.50 bits per heavy atom. The summed E-state index contributed by atoms with van der Waals surface area (Å²) in [4.78, 5) is 13.7. The molecule has 0 aliphatic rings. The van der Waals surface area contributed by atoms with E-state index in [1.807, 2.05) is 37.4 Å². The molecule has 2 N–H and O–H groups in total. The summed E-state index contributed by atoms with van der Waals surface area (Å²) in [6.07, 6.45) is -1.06. The van der Waals surface area contributed by atoms with E-state index in [1.165, 1.54) is 12.1 Å². The van der Waals surface area contributed by atoms with E-state index in [4.69, 9.17) is 0 Å². The Morgan fingerprint density at radius 2 is 1.82 bits per heavy atom. The van der Waals surface area contributed by atoms with Gasteiger partial charge < -0.3 is 15.3 Å². The average Bonchev–Trinajstić information content (AvgIpc) is 2.54. The van der Waals surface area contributed by atoms with Gasteiger partial charge in [-0.15, -0.1) is 0 Å². The van der Waals surface area contributed by atoms with Gasteiger partial charge >= 0.3 is 0 Å². The second-order valence-corrected chi connectivity index (χ2v) is 5.03. The number of amides is 1. The maximum Gasteiger partial charge on any atom is 0.239 e. The molecule has 0 aliphatic heterocycles. The highest BCUT2D eigenvalue weighted by atomic mass is 19.1. The zero-order chi connectivity index (χ0) is 15.9. The molecule has 1 unspecified atom stereocenters. The molecule has 4 nitrogen and oxygen atoms in total. The van der Waals surface area contributed by atoms with Crippen LogP contribution in [-0.2, 0) is 4.79 Å². The Morgan fingerprint density at radius 1 is 1.18 bits per heavy atom. The number of anilines is 1. The van der Waals surface area contributed by atoms with Crippen molar-refractivity contribution in [1.82, 2.24) is 5.32 Å². The summed E-state index contributed by atoms with van der Waals surface area (Å²) in [5.74, 6) is -0.715. The van der Waals surface area contributed by atoms with Crippen LogP contribution in [0.1, 0.15) is 11.7 Å². The largest absolute Gasteiger partial charge is 0.386 e. The van der Waals surface area contributed by atoms with Crippen molar-refractivity contribution in [1.29, 1.82) is 0 Å². The van der Waals surface area contributed by atoms with E-state index in [2.05, 4.69) is 5.32 Å². The number of rotatable bonds is 6. The molecule has 5 heteroatoms. The van der Waals surface area contributed by atoms with E-state index >= 15 is 0 Å². The number of hydrogen-bond acceptors (Lipinski definition) is 3. The summed E-state index contributed by atoms with van der Waals surface area (Å²) in [6.45, 7) is 0.135. The molecule has 0 spiro atoms. The van der Waals surface area contributed by atoms with Crippen LogP contribution in [0.5, 0.6) is 0 Å². The lowest BCUT2D eigenvalue weighted by Crippen LogP contribution is -2.37. The number of para-hydroxylation sites is 1. The summed E-state index contributed by atoms with van der Waals surface area (Å²) in [5.41, 5.74) is 1.10. The Kier molecular flexibility index (Phi) is 5.49. The minimum atomic E-state index is -1.06. The summed E-state index contributed by atoms with van der Waals surface area (Å²) in [7, 11) is 1.81. The molecule has 0 heterocycles. The molecule has 1 amide bonds. The number of benzene rings is 2. The van der Waals surface area contributed by atoms with Gasteiger partial charge in [-0.25, -0.2) is 4.39 Å². The summed E-state index contributed by atoms with van der Waals surface area (Å²) in [6, 6.07) is 15.5. The fourth-order valence-electron chi connectivity index (χ4n) is 2.11. The predicted octanol–water partition coefficient (Wildman–Crippen LogP) is 2.11. The Balaban J connectivity index is 1.84. The third-order valence-electron chi connectivity index (χ3n) is 3.33. The van der Waals surface area contributed by atoms with Crippen molar-refractivity contribution in [3.05, 3.63) is 66.0 Å². The van der Waals surface area contributed by atoms with E-state index in [0.29, 0.717) is 0 Å². The molecule has 0 aromatic heterocycles. The van der Waals surface area contributed by atoms with Gasteiger partial charge in [-0.3, -0.25) is 4.79 Å². The number of halogens is 1. The minimum absolute atomic E-state index is 0.0254. The average molecular weight is 302 g/mol. The topological polar surface area (TPSA) is 52.6 Å². The van der Waals surface area contributed by atoms with Crippen molar-refractivity contribution in [2.45, 2.75) is 6.10 Å². The molecule has 1 atom stereocenters. The van der Waals surface area contributed by atoms with Crippen LogP contribution in [0.15, 0.2) is 54.6 Å². The minimum Gasteiger partial charge on any atom is -0.386 e. The number of aliphatic hydroxyl groups is 1. The molecule has 0 saturated carbocycles. The number of carbonyl (C=O) groups is 1. The highest BCUT2D eigenvalue weighted by molar-refractivity contribution is 5.81. The first-order chi connectivity index (χ1) is 10.6. The smallest absolute Gasteiger partial charge is 0.239 e. The van der Waals surface area contributed by atoms with Gasteiger partial charge in [0.25, 0.3) is 0 Å². The first-order valence-electron chi connectivity index (χ1n) is 7.03.